The molecule has 0 aliphatic carbocycles. The molecule has 0 aromatic heterocycles. The van der Waals surface area contributed by atoms with Crippen LogP contribution in [0.4, 0.5) is 10.1 Å². The first kappa shape index (κ1) is 17.4. The molecule has 0 unspecified atom stereocenters. The summed E-state index contributed by atoms with van der Waals surface area (Å²) in [5.41, 5.74) is 1.18. The molecule has 0 saturated carbocycles. The van der Waals surface area contributed by atoms with Crippen LogP contribution in [0.3, 0.4) is 0 Å². The van der Waals surface area contributed by atoms with Crippen LogP contribution in [-0.2, 0) is 13.2 Å². The van der Waals surface area contributed by atoms with Crippen molar-refractivity contribution in [1.82, 2.24) is 4.90 Å². The van der Waals surface area contributed by atoms with Gasteiger partial charge in [0.15, 0.2) is 0 Å². The van der Waals surface area contributed by atoms with E-state index in [0.29, 0.717) is 17.0 Å². The van der Waals surface area contributed by atoms with Gasteiger partial charge in [0, 0.05) is 17.5 Å². The van der Waals surface area contributed by atoms with Gasteiger partial charge in [-0.1, -0.05) is 17.8 Å². The summed E-state index contributed by atoms with van der Waals surface area (Å²) in [6.45, 7) is 0.275. The van der Waals surface area contributed by atoms with Gasteiger partial charge in [-0.25, -0.2) is 4.39 Å². The lowest BCUT2D eigenvalue weighted by molar-refractivity contribution is -0.387. The molecule has 0 fully saturated rings. The largest absolute Gasteiger partial charge is 0.392 e. The fourth-order valence-corrected chi connectivity index (χ4v) is 3.12. The smallest absolute Gasteiger partial charge is 0.283 e. The van der Waals surface area contributed by atoms with E-state index in [1.54, 1.807) is 18.2 Å². The van der Waals surface area contributed by atoms with E-state index in [9.17, 15) is 14.5 Å². The quantitative estimate of drug-likeness (QED) is 0.646. The fraction of sp³-hybridized carbons (Fsp3) is 0.250. The van der Waals surface area contributed by atoms with Crippen LogP contribution in [0.5, 0.6) is 0 Å². The highest BCUT2D eigenvalue weighted by Crippen LogP contribution is 2.37. The maximum absolute atomic E-state index is 13.5. The standard InChI is InChI=1S/C16H17FN2O3S/c1-18(2)9-12-8-13(17)4-6-15(12)23-16-5-3-11(10-20)7-14(16)19(21)22/h3-8,20H,9-10H2,1-2H3. The molecule has 0 amide bonds. The van der Waals surface area contributed by atoms with E-state index in [-0.39, 0.29) is 18.1 Å². The highest BCUT2D eigenvalue weighted by Gasteiger charge is 2.17. The Balaban J connectivity index is 2.41. The van der Waals surface area contributed by atoms with Crippen molar-refractivity contribution in [3.63, 3.8) is 0 Å². The Labute approximate surface area is 137 Å². The molecule has 0 spiro atoms. The summed E-state index contributed by atoms with van der Waals surface area (Å²) in [5, 5.41) is 20.4. The minimum Gasteiger partial charge on any atom is -0.392 e. The van der Waals surface area contributed by atoms with E-state index in [1.165, 1.54) is 30.0 Å². The Morgan fingerprint density at radius 2 is 1.91 bits per heavy atom. The summed E-state index contributed by atoms with van der Waals surface area (Å²) in [5.74, 6) is -0.337. The van der Waals surface area contributed by atoms with Crippen molar-refractivity contribution in [3.05, 3.63) is 63.5 Å². The van der Waals surface area contributed by atoms with Gasteiger partial charge in [-0.15, -0.1) is 0 Å². The average Bonchev–Trinajstić information content (AvgIpc) is 2.49. The van der Waals surface area contributed by atoms with Crippen molar-refractivity contribution in [1.29, 1.82) is 0 Å². The van der Waals surface area contributed by atoms with Crippen LogP contribution in [0, 0.1) is 15.9 Å². The molecule has 1 N–H and O–H groups in total. The van der Waals surface area contributed by atoms with Gasteiger partial charge >= 0.3 is 0 Å². The predicted octanol–water partition coefficient (Wildman–Crippen LogP) is 3.44. The van der Waals surface area contributed by atoms with E-state index >= 15 is 0 Å². The molecule has 0 aliphatic rings. The van der Waals surface area contributed by atoms with Gasteiger partial charge < -0.3 is 10.0 Å². The van der Waals surface area contributed by atoms with E-state index in [0.717, 1.165) is 10.5 Å². The number of benzene rings is 2. The first-order valence-electron chi connectivity index (χ1n) is 6.90. The first-order valence-corrected chi connectivity index (χ1v) is 7.71. The number of halogens is 1. The average molecular weight is 336 g/mol. The first-order chi connectivity index (χ1) is 10.9. The number of hydrogen-bond acceptors (Lipinski definition) is 5. The van der Waals surface area contributed by atoms with Gasteiger partial charge in [-0.05, 0) is 49.5 Å². The number of aliphatic hydroxyl groups excluding tert-OH is 1. The van der Waals surface area contributed by atoms with Crippen molar-refractivity contribution in [2.45, 2.75) is 22.9 Å². The summed E-state index contributed by atoms with van der Waals surface area (Å²) >= 11 is 1.22. The molecule has 23 heavy (non-hydrogen) atoms. The zero-order valence-corrected chi connectivity index (χ0v) is 13.6. The maximum Gasteiger partial charge on any atom is 0.283 e. The van der Waals surface area contributed by atoms with Crippen LogP contribution in [0.25, 0.3) is 0 Å². The Bertz CT molecular complexity index is 722. The molecular weight excluding hydrogens is 319 g/mol. The van der Waals surface area contributed by atoms with Gasteiger partial charge in [0.05, 0.1) is 16.4 Å². The molecule has 5 nitrogen and oxygen atoms in total. The lowest BCUT2D eigenvalue weighted by Gasteiger charge is -2.14. The van der Waals surface area contributed by atoms with Crippen LogP contribution in [0.1, 0.15) is 11.1 Å². The van der Waals surface area contributed by atoms with E-state index in [4.69, 9.17) is 5.11 Å². The molecule has 122 valence electrons. The second-order valence-electron chi connectivity index (χ2n) is 5.31. The highest BCUT2D eigenvalue weighted by molar-refractivity contribution is 7.99. The van der Waals surface area contributed by atoms with Gasteiger partial charge in [0.2, 0.25) is 0 Å². The monoisotopic (exact) mass is 336 g/mol. The topological polar surface area (TPSA) is 66.6 Å². The van der Waals surface area contributed by atoms with Crippen molar-refractivity contribution < 1.29 is 14.4 Å². The third kappa shape index (κ3) is 4.51. The van der Waals surface area contributed by atoms with Crippen molar-refractivity contribution >= 4 is 17.4 Å². The molecular formula is C16H17FN2O3S. The normalized spacial score (nSPS) is 11.0. The third-order valence-corrected chi connectivity index (χ3v) is 4.31. The van der Waals surface area contributed by atoms with Gasteiger partial charge in [0.25, 0.3) is 5.69 Å². The molecule has 0 atom stereocenters. The molecule has 2 aromatic carbocycles. The number of nitrogens with zero attached hydrogens (tertiary/aromatic N) is 2. The lowest BCUT2D eigenvalue weighted by Crippen LogP contribution is -2.11. The van der Waals surface area contributed by atoms with Crippen LogP contribution >= 0.6 is 11.8 Å². The zero-order chi connectivity index (χ0) is 17.0. The number of rotatable bonds is 6. The Morgan fingerprint density at radius 3 is 2.52 bits per heavy atom. The molecule has 0 heterocycles. The minimum atomic E-state index is -0.476. The lowest BCUT2D eigenvalue weighted by atomic mass is 10.2. The Hall–Kier alpha value is -1.96. The number of hydrogen-bond donors (Lipinski definition) is 1. The number of nitro groups is 1. The fourth-order valence-electron chi connectivity index (χ4n) is 2.12. The summed E-state index contributed by atoms with van der Waals surface area (Å²) in [4.78, 5) is 13.9. The zero-order valence-electron chi connectivity index (χ0n) is 12.8. The molecule has 7 heteroatoms. The summed E-state index contributed by atoms with van der Waals surface area (Å²) in [6.07, 6.45) is 0. The van der Waals surface area contributed by atoms with Crippen molar-refractivity contribution in [2.24, 2.45) is 0 Å². The number of aliphatic hydroxyl groups is 1. The van der Waals surface area contributed by atoms with Gasteiger partial charge in [-0.2, -0.15) is 0 Å². The summed E-state index contributed by atoms with van der Waals surface area (Å²) in [7, 11) is 3.75. The summed E-state index contributed by atoms with van der Waals surface area (Å²) < 4.78 is 13.5. The van der Waals surface area contributed by atoms with Crippen molar-refractivity contribution in [3.8, 4) is 0 Å². The Kier molecular flexibility index (Phi) is 5.70. The van der Waals surface area contributed by atoms with Gasteiger partial charge in [-0.3, -0.25) is 10.1 Å². The SMILES string of the molecule is CN(C)Cc1cc(F)ccc1Sc1ccc(CO)cc1[N+](=O)[O-]. The van der Waals surface area contributed by atoms with Crippen molar-refractivity contribution in [2.75, 3.05) is 14.1 Å². The number of nitro benzene ring substituents is 1. The van der Waals surface area contributed by atoms with Crippen LogP contribution < -0.4 is 0 Å². The predicted molar refractivity (Wildman–Crippen MR) is 86.9 cm³/mol. The molecule has 0 radical (unpaired) electrons. The second-order valence-corrected chi connectivity index (χ2v) is 6.39. The second kappa shape index (κ2) is 7.54. The van der Waals surface area contributed by atoms with Gasteiger partial charge in [0.1, 0.15) is 5.82 Å². The van der Waals surface area contributed by atoms with E-state index in [1.807, 2.05) is 19.0 Å². The molecule has 2 rings (SSSR count). The molecule has 2 aromatic rings. The molecule has 0 saturated heterocycles. The van der Waals surface area contributed by atoms with Crippen LogP contribution in [-0.4, -0.2) is 29.0 Å². The molecule has 0 aliphatic heterocycles. The third-order valence-electron chi connectivity index (χ3n) is 3.13. The van der Waals surface area contributed by atoms with Crippen LogP contribution in [0.15, 0.2) is 46.2 Å². The van der Waals surface area contributed by atoms with E-state index in [2.05, 4.69) is 0 Å². The Morgan fingerprint density at radius 1 is 1.22 bits per heavy atom. The summed E-state index contributed by atoms with van der Waals surface area (Å²) in [6, 6.07) is 9.02. The van der Waals surface area contributed by atoms with Crippen LogP contribution in [0.2, 0.25) is 0 Å². The maximum atomic E-state index is 13.5. The highest BCUT2D eigenvalue weighted by atomic mass is 32.2. The van der Waals surface area contributed by atoms with E-state index < -0.39 is 4.92 Å². The molecule has 0 bridgehead atoms. The minimum absolute atomic E-state index is 0.0679.